The van der Waals surface area contributed by atoms with E-state index in [9.17, 15) is 0 Å². The maximum Gasteiger partial charge on any atom is 0.232 e. The maximum atomic E-state index is 5.89. The lowest BCUT2D eigenvalue weighted by molar-refractivity contribution is 0.894. The number of hydrogen-bond acceptors (Lipinski definition) is 7. The quantitative estimate of drug-likeness (QED) is 0.493. The highest BCUT2D eigenvalue weighted by Crippen LogP contribution is 2.33. The number of anilines is 3. The molecule has 1 atom stereocenters. The van der Waals surface area contributed by atoms with Crippen molar-refractivity contribution in [1.82, 2.24) is 19.9 Å². The molecule has 2 heterocycles. The van der Waals surface area contributed by atoms with E-state index in [0.29, 0.717) is 11.8 Å². The van der Waals surface area contributed by atoms with Crippen LogP contribution in [-0.2, 0) is 0 Å². The normalized spacial score (nSPS) is 12.0. The molecule has 2 aromatic heterocycles. The molecular weight excluding hydrogens is 356 g/mol. The molecule has 0 spiro atoms. The van der Waals surface area contributed by atoms with Crippen LogP contribution in [0.25, 0.3) is 10.9 Å². The van der Waals surface area contributed by atoms with Crippen LogP contribution in [0.1, 0.15) is 18.0 Å². The summed E-state index contributed by atoms with van der Waals surface area (Å²) in [4.78, 5) is 17.7. The fourth-order valence-corrected chi connectivity index (χ4v) is 3.52. The molecule has 2 aromatic carbocycles. The van der Waals surface area contributed by atoms with Crippen LogP contribution in [0.15, 0.2) is 71.8 Å². The molecule has 0 aliphatic heterocycles. The second-order valence-corrected chi connectivity index (χ2v) is 7.33. The molecule has 6 nitrogen and oxygen atoms in total. The van der Waals surface area contributed by atoms with Gasteiger partial charge in [0, 0.05) is 11.1 Å². The van der Waals surface area contributed by atoms with Crippen LogP contribution in [0.5, 0.6) is 0 Å². The Morgan fingerprint density at radius 3 is 2.48 bits per heavy atom. The first-order valence-electron chi connectivity index (χ1n) is 8.53. The predicted molar refractivity (Wildman–Crippen MR) is 110 cm³/mol. The molecule has 1 unspecified atom stereocenters. The van der Waals surface area contributed by atoms with Crippen molar-refractivity contribution in [3.8, 4) is 0 Å². The van der Waals surface area contributed by atoms with Crippen LogP contribution in [0.4, 0.5) is 17.6 Å². The molecule has 27 heavy (non-hydrogen) atoms. The summed E-state index contributed by atoms with van der Waals surface area (Å²) in [5, 5.41) is 5.17. The fourth-order valence-electron chi connectivity index (χ4n) is 2.64. The van der Waals surface area contributed by atoms with Gasteiger partial charge < -0.3 is 11.1 Å². The summed E-state index contributed by atoms with van der Waals surface area (Å²) < 4.78 is 0. The summed E-state index contributed by atoms with van der Waals surface area (Å²) in [7, 11) is 0. The minimum absolute atomic E-state index is 0.0275. The third kappa shape index (κ3) is 4.15. The van der Waals surface area contributed by atoms with E-state index in [1.54, 1.807) is 11.8 Å². The summed E-state index contributed by atoms with van der Waals surface area (Å²) in [6.45, 7) is 2.03. The van der Waals surface area contributed by atoms with E-state index >= 15 is 0 Å². The summed E-state index contributed by atoms with van der Waals surface area (Å²) in [5.74, 6) is 1.24. The van der Waals surface area contributed by atoms with Crippen LogP contribution in [0.2, 0.25) is 0 Å². The topological polar surface area (TPSA) is 89.6 Å². The molecule has 0 fully saturated rings. The van der Waals surface area contributed by atoms with Gasteiger partial charge in [0.25, 0.3) is 0 Å². The lowest BCUT2D eigenvalue weighted by Gasteiger charge is -2.12. The van der Waals surface area contributed by atoms with Crippen molar-refractivity contribution in [2.75, 3.05) is 11.1 Å². The third-order valence-corrected chi connectivity index (χ3v) is 4.97. The molecule has 134 valence electrons. The molecule has 4 rings (SSSR count). The highest BCUT2D eigenvalue weighted by molar-refractivity contribution is 7.99. The molecule has 4 aromatic rings. The van der Waals surface area contributed by atoms with Crippen molar-refractivity contribution < 1.29 is 0 Å². The zero-order valence-electron chi connectivity index (χ0n) is 14.7. The van der Waals surface area contributed by atoms with E-state index in [-0.39, 0.29) is 11.2 Å². The highest BCUT2D eigenvalue weighted by atomic mass is 32.2. The Balaban J connectivity index is 1.56. The molecule has 3 N–H and O–H groups in total. The Kier molecular flexibility index (Phi) is 4.84. The lowest BCUT2D eigenvalue weighted by atomic mass is 10.2. The van der Waals surface area contributed by atoms with Gasteiger partial charge in [0.15, 0.2) is 0 Å². The minimum Gasteiger partial charge on any atom is -0.368 e. The Morgan fingerprint density at radius 2 is 1.63 bits per heavy atom. The molecule has 0 saturated carbocycles. The second-order valence-electron chi connectivity index (χ2n) is 5.97. The number of hydrogen-bond donors (Lipinski definition) is 2. The number of fused-ring (bicyclic) bond motifs is 1. The number of nitrogens with two attached hydrogens (primary N) is 1. The van der Waals surface area contributed by atoms with Crippen LogP contribution >= 0.6 is 11.8 Å². The van der Waals surface area contributed by atoms with E-state index in [0.717, 1.165) is 21.6 Å². The van der Waals surface area contributed by atoms with Gasteiger partial charge in [-0.05, 0) is 31.2 Å². The third-order valence-electron chi connectivity index (χ3n) is 3.93. The maximum absolute atomic E-state index is 5.89. The number of para-hydroxylation sites is 2. The molecule has 0 saturated heterocycles. The van der Waals surface area contributed by atoms with Crippen molar-refractivity contribution in [3.63, 3.8) is 0 Å². The molecule has 0 aliphatic carbocycles. The van der Waals surface area contributed by atoms with E-state index in [1.807, 2.05) is 61.5 Å². The van der Waals surface area contributed by atoms with Crippen LogP contribution in [-0.4, -0.2) is 19.9 Å². The molecule has 0 amide bonds. The molecule has 0 aliphatic rings. The molecule has 0 radical (unpaired) electrons. The number of nitrogens with one attached hydrogen (secondary N) is 1. The van der Waals surface area contributed by atoms with Gasteiger partial charge in [-0.1, -0.05) is 54.2 Å². The van der Waals surface area contributed by atoms with Gasteiger partial charge in [0.1, 0.15) is 5.82 Å². The van der Waals surface area contributed by atoms with Crippen molar-refractivity contribution in [2.24, 2.45) is 0 Å². The fraction of sp³-hybridized carbons (Fsp3) is 0.100. The van der Waals surface area contributed by atoms with Crippen LogP contribution in [0, 0.1) is 0 Å². The van der Waals surface area contributed by atoms with E-state index in [2.05, 4.69) is 32.4 Å². The largest absolute Gasteiger partial charge is 0.368 e. The van der Waals surface area contributed by atoms with Crippen LogP contribution in [0.3, 0.4) is 0 Å². The number of rotatable bonds is 5. The van der Waals surface area contributed by atoms with Gasteiger partial charge in [-0.3, -0.25) is 0 Å². The Morgan fingerprint density at radius 1 is 0.852 bits per heavy atom. The lowest BCUT2D eigenvalue weighted by Crippen LogP contribution is -2.08. The van der Waals surface area contributed by atoms with Crippen molar-refractivity contribution in [2.45, 2.75) is 17.2 Å². The predicted octanol–water partition coefficient (Wildman–Crippen LogP) is 4.60. The number of benzene rings is 2. The van der Waals surface area contributed by atoms with Gasteiger partial charge in [0.05, 0.1) is 15.8 Å². The SMILES string of the molecule is CC(Sc1ccc2ccccc2n1)c1nc(N)nc(Nc2ccccc2)n1. The summed E-state index contributed by atoms with van der Waals surface area (Å²) >= 11 is 1.59. The minimum atomic E-state index is -0.0275. The van der Waals surface area contributed by atoms with Gasteiger partial charge in [-0.25, -0.2) is 4.98 Å². The van der Waals surface area contributed by atoms with E-state index < -0.39 is 0 Å². The van der Waals surface area contributed by atoms with Gasteiger partial charge in [-0.2, -0.15) is 15.0 Å². The Hall–Kier alpha value is -3.19. The summed E-state index contributed by atoms with van der Waals surface area (Å²) in [5.41, 5.74) is 7.75. The summed E-state index contributed by atoms with van der Waals surface area (Å²) in [6, 6.07) is 21.9. The first-order chi connectivity index (χ1) is 13.2. The molecular formula is C20H18N6S. The second kappa shape index (κ2) is 7.59. The first kappa shape index (κ1) is 17.2. The highest BCUT2D eigenvalue weighted by Gasteiger charge is 2.15. The number of nitrogens with zero attached hydrogens (tertiary/aromatic N) is 4. The molecule has 0 bridgehead atoms. The standard InChI is InChI=1S/C20H18N6S/c1-13(27-17-12-11-14-7-5-6-10-16(14)23-17)18-24-19(21)26-20(25-18)22-15-8-3-2-4-9-15/h2-13H,1H3,(H3,21,22,24,25,26). The average Bonchev–Trinajstić information content (AvgIpc) is 2.68. The monoisotopic (exact) mass is 374 g/mol. The van der Waals surface area contributed by atoms with Gasteiger partial charge in [0.2, 0.25) is 11.9 Å². The molecule has 7 heteroatoms. The number of thioether (sulfide) groups is 1. The number of nitrogen functional groups attached to an aromatic ring is 1. The van der Waals surface area contributed by atoms with Crippen molar-refractivity contribution in [3.05, 3.63) is 72.6 Å². The first-order valence-corrected chi connectivity index (χ1v) is 9.41. The van der Waals surface area contributed by atoms with E-state index in [4.69, 9.17) is 10.7 Å². The zero-order chi connectivity index (χ0) is 18.6. The van der Waals surface area contributed by atoms with E-state index in [1.165, 1.54) is 0 Å². The Bertz CT molecular complexity index is 1070. The van der Waals surface area contributed by atoms with Gasteiger partial charge >= 0.3 is 0 Å². The smallest absolute Gasteiger partial charge is 0.232 e. The van der Waals surface area contributed by atoms with Crippen LogP contribution < -0.4 is 11.1 Å². The number of aromatic nitrogens is 4. The Labute approximate surface area is 161 Å². The summed E-state index contributed by atoms with van der Waals surface area (Å²) in [6.07, 6.45) is 0. The average molecular weight is 374 g/mol. The number of pyridine rings is 1. The van der Waals surface area contributed by atoms with Gasteiger partial charge in [-0.15, -0.1) is 0 Å². The van der Waals surface area contributed by atoms with Crippen molar-refractivity contribution in [1.29, 1.82) is 0 Å². The zero-order valence-corrected chi connectivity index (χ0v) is 15.5. The van der Waals surface area contributed by atoms with Crippen molar-refractivity contribution >= 4 is 40.2 Å².